The fraction of sp³-hybridized carbons (Fsp3) is 0.783. The molecule has 0 aromatic carbocycles. The Kier molecular flexibility index (Phi) is 6.96. The van der Waals surface area contributed by atoms with E-state index in [2.05, 4.69) is 16.1 Å². The van der Waals surface area contributed by atoms with E-state index in [0.717, 1.165) is 57.8 Å². The van der Waals surface area contributed by atoms with Gasteiger partial charge >= 0.3 is 0 Å². The molecule has 4 rings (SSSR count). The fourth-order valence-corrected chi connectivity index (χ4v) is 5.75. The van der Waals surface area contributed by atoms with E-state index in [1.165, 1.54) is 0 Å². The number of likely N-dealkylation sites (tertiary alicyclic amines) is 2. The highest BCUT2D eigenvalue weighted by Gasteiger charge is 2.51. The zero-order valence-corrected chi connectivity index (χ0v) is 19.2. The largest absolute Gasteiger partial charge is 0.376 e. The van der Waals surface area contributed by atoms with Crippen molar-refractivity contribution in [2.75, 3.05) is 39.3 Å². The molecular weight excluding hydrogens is 394 g/mol. The zero-order valence-electron chi connectivity index (χ0n) is 19.2. The predicted molar refractivity (Wildman–Crippen MR) is 117 cm³/mol. The van der Waals surface area contributed by atoms with Crippen molar-refractivity contribution in [2.45, 2.75) is 58.2 Å². The Labute approximate surface area is 185 Å². The lowest BCUT2D eigenvalue weighted by Gasteiger charge is -2.26. The number of aryl methyl sites for hydroxylation is 1. The Morgan fingerprint density at radius 3 is 2.58 bits per heavy atom. The third-order valence-corrected chi connectivity index (χ3v) is 7.36. The number of hydrogen-bond acceptors (Lipinski definition) is 5. The molecule has 3 fully saturated rings. The van der Waals surface area contributed by atoms with Gasteiger partial charge in [-0.2, -0.15) is 5.10 Å². The molecule has 3 saturated heterocycles. The average molecular weight is 432 g/mol. The molecule has 0 spiro atoms. The summed E-state index contributed by atoms with van der Waals surface area (Å²) in [7, 11) is 1.93. The van der Waals surface area contributed by atoms with Crippen LogP contribution in [0.2, 0.25) is 0 Å². The molecule has 1 aromatic heterocycles. The normalized spacial score (nSPS) is 28.3. The SMILES string of the molecule is CCN(CC)C(=O)C[C@@H]1OC[C@@H]2[C@H]1[C@H](CC(=O)N1CCCC1)CN2Cc1ccn(C)n1. The van der Waals surface area contributed by atoms with Crippen LogP contribution in [0.3, 0.4) is 0 Å². The van der Waals surface area contributed by atoms with E-state index in [1.807, 2.05) is 41.6 Å². The van der Waals surface area contributed by atoms with Gasteiger partial charge in [-0.15, -0.1) is 0 Å². The van der Waals surface area contributed by atoms with Crippen molar-refractivity contribution in [1.82, 2.24) is 24.5 Å². The molecule has 8 heteroatoms. The van der Waals surface area contributed by atoms with Gasteiger partial charge in [0.15, 0.2) is 0 Å². The Hall–Kier alpha value is -1.93. The zero-order chi connectivity index (χ0) is 22.0. The second-order valence-corrected chi connectivity index (χ2v) is 9.25. The van der Waals surface area contributed by atoms with Gasteiger partial charge in [0.2, 0.25) is 11.8 Å². The quantitative estimate of drug-likeness (QED) is 0.624. The maximum absolute atomic E-state index is 13.0. The second kappa shape index (κ2) is 9.69. The molecule has 8 nitrogen and oxygen atoms in total. The van der Waals surface area contributed by atoms with Crippen LogP contribution >= 0.6 is 0 Å². The summed E-state index contributed by atoms with van der Waals surface area (Å²) in [6.07, 6.45) is 5.04. The van der Waals surface area contributed by atoms with E-state index >= 15 is 0 Å². The average Bonchev–Trinajstić information content (AvgIpc) is 3.52. The Bertz CT molecular complexity index is 771. The molecule has 0 unspecified atom stereocenters. The van der Waals surface area contributed by atoms with Crippen LogP contribution in [-0.2, 0) is 27.9 Å². The summed E-state index contributed by atoms with van der Waals surface area (Å²) in [5.41, 5.74) is 1.04. The standard InChI is InChI=1S/C23H37N5O3/c1-4-26(5-2)22(30)13-20-23-17(12-21(29)27-9-6-7-10-27)14-28(19(23)16-31-20)15-18-8-11-25(3)24-18/h8,11,17,19-20,23H,4-7,9-10,12-16H2,1-3H3/t17-,19-,20+,23-/m1/s1. The van der Waals surface area contributed by atoms with E-state index in [1.54, 1.807) is 0 Å². The van der Waals surface area contributed by atoms with Crippen molar-refractivity contribution in [1.29, 1.82) is 0 Å². The number of aromatic nitrogens is 2. The van der Waals surface area contributed by atoms with E-state index < -0.39 is 0 Å². The summed E-state index contributed by atoms with van der Waals surface area (Å²) in [6, 6.07) is 2.29. The van der Waals surface area contributed by atoms with Gasteiger partial charge in [0.05, 0.1) is 24.8 Å². The lowest BCUT2D eigenvalue weighted by atomic mass is 9.84. The molecule has 3 aliphatic heterocycles. The summed E-state index contributed by atoms with van der Waals surface area (Å²) in [5.74, 6) is 0.860. The molecule has 0 N–H and O–H groups in total. The first-order valence-electron chi connectivity index (χ1n) is 11.9. The first-order chi connectivity index (χ1) is 15.0. The third kappa shape index (κ3) is 4.80. The molecule has 4 heterocycles. The van der Waals surface area contributed by atoms with Gasteiger partial charge in [0.1, 0.15) is 0 Å². The summed E-state index contributed by atoms with van der Waals surface area (Å²) < 4.78 is 8.03. The van der Waals surface area contributed by atoms with Crippen LogP contribution in [0.5, 0.6) is 0 Å². The van der Waals surface area contributed by atoms with E-state index in [9.17, 15) is 9.59 Å². The molecule has 2 amide bonds. The van der Waals surface area contributed by atoms with Gasteiger partial charge < -0.3 is 14.5 Å². The number of ether oxygens (including phenoxy) is 1. The highest BCUT2D eigenvalue weighted by molar-refractivity contribution is 5.77. The van der Waals surface area contributed by atoms with E-state index in [0.29, 0.717) is 19.4 Å². The van der Waals surface area contributed by atoms with Gasteiger partial charge in [0.25, 0.3) is 0 Å². The first-order valence-corrected chi connectivity index (χ1v) is 11.9. The van der Waals surface area contributed by atoms with E-state index in [-0.39, 0.29) is 35.8 Å². The lowest BCUT2D eigenvalue weighted by Crippen LogP contribution is -2.38. The lowest BCUT2D eigenvalue weighted by molar-refractivity contribution is -0.134. The fourth-order valence-electron chi connectivity index (χ4n) is 5.75. The van der Waals surface area contributed by atoms with Crippen LogP contribution in [0.15, 0.2) is 12.3 Å². The number of carbonyl (C=O) groups excluding carboxylic acids is 2. The van der Waals surface area contributed by atoms with Crippen LogP contribution in [0, 0.1) is 11.8 Å². The minimum absolute atomic E-state index is 0.108. The number of fused-ring (bicyclic) bond motifs is 1. The van der Waals surface area contributed by atoms with Crippen LogP contribution in [0.1, 0.15) is 45.2 Å². The molecule has 0 aliphatic carbocycles. The predicted octanol–water partition coefficient (Wildman–Crippen LogP) is 1.51. The van der Waals surface area contributed by atoms with Crippen molar-refractivity contribution in [3.63, 3.8) is 0 Å². The maximum Gasteiger partial charge on any atom is 0.225 e. The highest BCUT2D eigenvalue weighted by atomic mass is 16.5. The number of hydrogen-bond donors (Lipinski definition) is 0. The van der Waals surface area contributed by atoms with Crippen LogP contribution < -0.4 is 0 Å². The number of nitrogens with zero attached hydrogens (tertiary/aromatic N) is 5. The number of amides is 2. The van der Waals surface area contributed by atoms with Crippen LogP contribution in [-0.4, -0.2) is 87.8 Å². The van der Waals surface area contributed by atoms with Gasteiger partial charge in [-0.3, -0.25) is 19.2 Å². The molecule has 31 heavy (non-hydrogen) atoms. The maximum atomic E-state index is 13.0. The van der Waals surface area contributed by atoms with Crippen molar-refractivity contribution in [3.05, 3.63) is 18.0 Å². The minimum Gasteiger partial charge on any atom is -0.376 e. The molecule has 4 atom stereocenters. The summed E-state index contributed by atoms with van der Waals surface area (Å²) in [4.78, 5) is 32.1. The summed E-state index contributed by atoms with van der Waals surface area (Å²) in [6.45, 7) is 9.50. The molecule has 0 radical (unpaired) electrons. The summed E-state index contributed by atoms with van der Waals surface area (Å²) >= 11 is 0. The molecule has 3 aliphatic rings. The molecular formula is C23H37N5O3. The molecule has 0 bridgehead atoms. The smallest absolute Gasteiger partial charge is 0.225 e. The second-order valence-electron chi connectivity index (χ2n) is 9.25. The number of rotatable bonds is 8. The number of carbonyl (C=O) groups is 2. The van der Waals surface area contributed by atoms with Gasteiger partial charge in [0, 0.05) is 70.9 Å². The van der Waals surface area contributed by atoms with Gasteiger partial charge in [-0.05, 0) is 38.7 Å². The van der Waals surface area contributed by atoms with Crippen molar-refractivity contribution >= 4 is 11.8 Å². The Balaban J connectivity index is 1.48. The topological polar surface area (TPSA) is 70.9 Å². The molecule has 172 valence electrons. The van der Waals surface area contributed by atoms with Crippen molar-refractivity contribution in [2.24, 2.45) is 18.9 Å². The third-order valence-electron chi connectivity index (χ3n) is 7.36. The van der Waals surface area contributed by atoms with Gasteiger partial charge in [-0.25, -0.2) is 0 Å². The Morgan fingerprint density at radius 2 is 1.94 bits per heavy atom. The molecule has 0 saturated carbocycles. The monoisotopic (exact) mass is 431 g/mol. The first kappa shape index (κ1) is 22.3. The summed E-state index contributed by atoms with van der Waals surface area (Å²) in [5, 5.41) is 4.55. The van der Waals surface area contributed by atoms with Crippen molar-refractivity contribution in [3.8, 4) is 0 Å². The Morgan fingerprint density at radius 1 is 1.19 bits per heavy atom. The highest BCUT2D eigenvalue weighted by Crippen LogP contribution is 2.42. The minimum atomic E-state index is -0.108. The van der Waals surface area contributed by atoms with E-state index in [4.69, 9.17) is 4.74 Å². The van der Waals surface area contributed by atoms with Crippen molar-refractivity contribution < 1.29 is 14.3 Å². The van der Waals surface area contributed by atoms with Gasteiger partial charge in [-0.1, -0.05) is 0 Å². The van der Waals surface area contributed by atoms with Crippen LogP contribution in [0.25, 0.3) is 0 Å². The molecule has 1 aromatic rings. The van der Waals surface area contributed by atoms with Crippen LogP contribution in [0.4, 0.5) is 0 Å².